The average Bonchev–Trinajstić information content (AvgIpc) is 3.14. The summed E-state index contributed by atoms with van der Waals surface area (Å²) in [6.07, 6.45) is 0. The van der Waals surface area contributed by atoms with Crippen molar-refractivity contribution in [3.05, 3.63) is 70.7 Å². The van der Waals surface area contributed by atoms with Gasteiger partial charge in [0.05, 0.1) is 16.9 Å². The minimum Gasteiger partial charge on any atom is -0.456 e. The molecule has 8 nitrogen and oxygen atoms in total. The maximum absolute atomic E-state index is 12.2. The molecule has 0 saturated heterocycles. The summed E-state index contributed by atoms with van der Waals surface area (Å²) in [5, 5.41) is 4.66. The van der Waals surface area contributed by atoms with Crippen LogP contribution in [0.4, 0.5) is 21.3 Å². The molecule has 154 valence electrons. The molecular formula is C21H20N4O4S. The van der Waals surface area contributed by atoms with E-state index in [1.165, 1.54) is 35.3 Å². The zero-order chi connectivity index (χ0) is 21.7. The minimum atomic E-state index is -0.685. The standard InChI is InChI=1S/C21H20N4O4S/c1-13-4-3-5-18(10-13)25(14(2)26)21-24-17(12-30-21)11-29-19(27)15-6-8-16(9-7-15)23-20(22)28/h3-10,12H,11H2,1-2H3,(H3,22,23,28). The van der Waals surface area contributed by atoms with Gasteiger partial charge in [-0.25, -0.2) is 14.6 Å². The van der Waals surface area contributed by atoms with Crippen molar-refractivity contribution >= 4 is 45.8 Å². The summed E-state index contributed by atoms with van der Waals surface area (Å²) in [6, 6.07) is 13.0. The molecule has 0 spiro atoms. The van der Waals surface area contributed by atoms with E-state index in [1.54, 1.807) is 17.5 Å². The van der Waals surface area contributed by atoms with Crippen molar-refractivity contribution in [3.8, 4) is 0 Å². The molecule has 9 heteroatoms. The number of carbonyl (C=O) groups is 3. The highest BCUT2D eigenvalue weighted by molar-refractivity contribution is 7.14. The summed E-state index contributed by atoms with van der Waals surface area (Å²) < 4.78 is 5.30. The van der Waals surface area contributed by atoms with Crippen LogP contribution in [-0.2, 0) is 16.1 Å². The predicted octanol–water partition coefficient (Wildman–Crippen LogP) is 3.98. The Hall–Kier alpha value is -3.72. The number of ether oxygens (including phenoxy) is 1. The number of thiazole rings is 1. The first-order valence-electron chi connectivity index (χ1n) is 8.99. The van der Waals surface area contributed by atoms with Gasteiger partial charge in [0.25, 0.3) is 0 Å². The Bertz CT molecular complexity index is 1080. The fourth-order valence-corrected chi connectivity index (χ4v) is 3.59. The third-order valence-corrected chi connectivity index (χ3v) is 4.92. The molecule has 3 N–H and O–H groups in total. The van der Waals surface area contributed by atoms with Gasteiger partial charge in [-0.15, -0.1) is 11.3 Å². The van der Waals surface area contributed by atoms with E-state index >= 15 is 0 Å². The molecule has 0 bridgehead atoms. The molecule has 1 heterocycles. The molecule has 0 aliphatic carbocycles. The van der Waals surface area contributed by atoms with Crippen LogP contribution in [-0.4, -0.2) is 22.9 Å². The van der Waals surface area contributed by atoms with Crippen LogP contribution in [0.25, 0.3) is 0 Å². The Morgan fingerprint density at radius 1 is 1.17 bits per heavy atom. The fraction of sp³-hybridized carbons (Fsp3) is 0.143. The van der Waals surface area contributed by atoms with Gasteiger partial charge in [-0.1, -0.05) is 12.1 Å². The number of anilines is 3. The average molecular weight is 424 g/mol. The highest BCUT2D eigenvalue weighted by Crippen LogP contribution is 2.29. The second-order valence-electron chi connectivity index (χ2n) is 6.46. The van der Waals surface area contributed by atoms with Gasteiger partial charge < -0.3 is 15.8 Å². The van der Waals surface area contributed by atoms with Crippen molar-refractivity contribution in [2.45, 2.75) is 20.5 Å². The monoisotopic (exact) mass is 424 g/mol. The lowest BCUT2D eigenvalue weighted by atomic mass is 10.2. The van der Waals surface area contributed by atoms with Crippen LogP contribution < -0.4 is 16.0 Å². The van der Waals surface area contributed by atoms with Crippen LogP contribution >= 0.6 is 11.3 Å². The number of carbonyl (C=O) groups excluding carboxylic acids is 3. The number of nitrogens with zero attached hydrogens (tertiary/aromatic N) is 2. The number of amides is 3. The van der Waals surface area contributed by atoms with Gasteiger partial charge in [0.2, 0.25) is 5.91 Å². The van der Waals surface area contributed by atoms with Crippen LogP contribution in [0, 0.1) is 6.92 Å². The van der Waals surface area contributed by atoms with Crippen molar-refractivity contribution in [3.63, 3.8) is 0 Å². The van der Waals surface area contributed by atoms with E-state index in [0.717, 1.165) is 11.3 Å². The van der Waals surface area contributed by atoms with Gasteiger partial charge >= 0.3 is 12.0 Å². The van der Waals surface area contributed by atoms with Gasteiger partial charge in [-0.05, 0) is 48.9 Å². The molecule has 2 aromatic carbocycles. The molecule has 0 fully saturated rings. The molecule has 3 amide bonds. The number of hydrogen-bond acceptors (Lipinski definition) is 6. The number of aryl methyl sites for hydroxylation is 1. The van der Waals surface area contributed by atoms with Gasteiger partial charge in [0.15, 0.2) is 5.13 Å². The van der Waals surface area contributed by atoms with Crippen molar-refractivity contribution < 1.29 is 19.1 Å². The number of esters is 1. The maximum Gasteiger partial charge on any atom is 0.338 e. The van der Waals surface area contributed by atoms with E-state index in [-0.39, 0.29) is 12.5 Å². The Balaban J connectivity index is 1.66. The number of rotatable bonds is 6. The predicted molar refractivity (Wildman–Crippen MR) is 115 cm³/mol. The topological polar surface area (TPSA) is 115 Å². The number of aromatic nitrogens is 1. The smallest absolute Gasteiger partial charge is 0.338 e. The first-order chi connectivity index (χ1) is 14.3. The highest BCUT2D eigenvalue weighted by atomic mass is 32.1. The van der Waals surface area contributed by atoms with Crippen molar-refractivity contribution in [1.82, 2.24) is 4.98 Å². The number of nitrogens with one attached hydrogen (secondary N) is 1. The minimum absolute atomic E-state index is 0.0316. The van der Waals surface area contributed by atoms with Crippen LogP contribution in [0.5, 0.6) is 0 Å². The number of urea groups is 1. The molecule has 1 aromatic heterocycles. The Labute approximate surface area is 177 Å². The fourth-order valence-electron chi connectivity index (χ4n) is 2.71. The Morgan fingerprint density at radius 3 is 2.53 bits per heavy atom. The van der Waals surface area contributed by atoms with Gasteiger partial charge in [0.1, 0.15) is 6.61 Å². The number of benzene rings is 2. The maximum atomic E-state index is 12.2. The lowest BCUT2D eigenvalue weighted by molar-refractivity contribution is -0.115. The van der Waals surface area contributed by atoms with Crippen LogP contribution in [0.15, 0.2) is 53.9 Å². The summed E-state index contributed by atoms with van der Waals surface area (Å²) >= 11 is 1.29. The quantitative estimate of drug-likeness (QED) is 0.581. The van der Waals surface area contributed by atoms with E-state index < -0.39 is 12.0 Å². The molecule has 0 aliphatic heterocycles. The zero-order valence-electron chi connectivity index (χ0n) is 16.4. The Morgan fingerprint density at radius 2 is 1.90 bits per heavy atom. The number of primary amides is 1. The molecule has 0 aliphatic rings. The van der Waals surface area contributed by atoms with E-state index in [4.69, 9.17) is 10.5 Å². The van der Waals surface area contributed by atoms with Crippen molar-refractivity contribution in [1.29, 1.82) is 0 Å². The number of nitrogens with two attached hydrogens (primary N) is 1. The molecular weight excluding hydrogens is 404 g/mol. The molecule has 0 radical (unpaired) electrons. The van der Waals surface area contributed by atoms with Crippen LogP contribution in [0.3, 0.4) is 0 Å². The molecule has 3 aromatic rings. The SMILES string of the molecule is CC(=O)N(c1cccc(C)c1)c1nc(COC(=O)c2ccc(NC(N)=O)cc2)cs1. The first-order valence-corrected chi connectivity index (χ1v) is 9.87. The van der Waals surface area contributed by atoms with Crippen molar-refractivity contribution in [2.24, 2.45) is 5.73 Å². The third-order valence-electron chi connectivity index (χ3n) is 4.04. The van der Waals surface area contributed by atoms with Crippen LogP contribution in [0.1, 0.15) is 28.5 Å². The molecule has 0 unspecified atom stereocenters. The number of hydrogen-bond donors (Lipinski definition) is 2. The van der Waals surface area contributed by atoms with E-state index in [2.05, 4.69) is 10.3 Å². The lowest BCUT2D eigenvalue weighted by Crippen LogP contribution is -2.22. The second kappa shape index (κ2) is 9.19. The molecule has 0 saturated carbocycles. The normalized spacial score (nSPS) is 10.3. The highest BCUT2D eigenvalue weighted by Gasteiger charge is 2.18. The lowest BCUT2D eigenvalue weighted by Gasteiger charge is -2.18. The van der Waals surface area contributed by atoms with E-state index in [0.29, 0.717) is 22.1 Å². The second-order valence-corrected chi connectivity index (χ2v) is 7.29. The zero-order valence-corrected chi connectivity index (χ0v) is 17.2. The van der Waals surface area contributed by atoms with Gasteiger partial charge in [-0.2, -0.15) is 0 Å². The summed E-state index contributed by atoms with van der Waals surface area (Å²) in [5.74, 6) is -0.694. The summed E-state index contributed by atoms with van der Waals surface area (Å²) in [5.41, 5.74) is 8.14. The van der Waals surface area contributed by atoms with Gasteiger partial charge in [0, 0.05) is 18.0 Å². The molecule has 3 rings (SSSR count). The molecule has 30 heavy (non-hydrogen) atoms. The summed E-state index contributed by atoms with van der Waals surface area (Å²) in [4.78, 5) is 41.2. The van der Waals surface area contributed by atoms with E-state index in [9.17, 15) is 14.4 Å². The molecule has 0 atom stereocenters. The largest absolute Gasteiger partial charge is 0.456 e. The summed E-state index contributed by atoms with van der Waals surface area (Å²) in [6.45, 7) is 3.39. The Kier molecular flexibility index (Phi) is 6.43. The van der Waals surface area contributed by atoms with E-state index in [1.807, 2.05) is 31.2 Å². The summed E-state index contributed by atoms with van der Waals surface area (Å²) in [7, 11) is 0. The van der Waals surface area contributed by atoms with Gasteiger partial charge in [-0.3, -0.25) is 9.69 Å². The van der Waals surface area contributed by atoms with Crippen LogP contribution in [0.2, 0.25) is 0 Å². The third kappa shape index (κ3) is 5.21. The van der Waals surface area contributed by atoms with Crippen molar-refractivity contribution in [2.75, 3.05) is 10.2 Å². The first kappa shape index (κ1) is 21.0.